The second kappa shape index (κ2) is 6.67. The van der Waals surface area contributed by atoms with Gasteiger partial charge in [-0.2, -0.15) is 0 Å². The van der Waals surface area contributed by atoms with Gasteiger partial charge in [-0.1, -0.05) is 46.1 Å². The van der Waals surface area contributed by atoms with Gasteiger partial charge in [0.2, 0.25) is 0 Å². The van der Waals surface area contributed by atoms with Crippen LogP contribution in [0.3, 0.4) is 0 Å². The van der Waals surface area contributed by atoms with Crippen molar-refractivity contribution < 1.29 is 0 Å². The maximum atomic E-state index is 3.78. The maximum absolute atomic E-state index is 3.78. The van der Waals surface area contributed by atoms with Gasteiger partial charge in [0.05, 0.1) is 0 Å². The van der Waals surface area contributed by atoms with Crippen LogP contribution in [-0.4, -0.2) is 24.5 Å². The third kappa shape index (κ3) is 3.19. The number of rotatable bonds is 3. The molecule has 0 spiro atoms. The lowest BCUT2D eigenvalue weighted by atomic mass is 10.1. The molecule has 74 valence electrons. The predicted octanol–water partition coefficient (Wildman–Crippen LogP) is 3.02. The van der Waals surface area contributed by atoms with Gasteiger partial charge >= 0.3 is 0 Å². The molecule has 0 radical (unpaired) electrons. The van der Waals surface area contributed by atoms with Crippen LogP contribution in [0.1, 0.15) is 20.8 Å². The van der Waals surface area contributed by atoms with E-state index in [1.54, 1.807) is 0 Å². The normalized spacial score (nSPS) is 16.5. The molecule has 0 fully saturated rings. The molecule has 0 aromatic carbocycles. The minimum Gasteiger partial charge on any atom is -0.295 e. The van der Waals surface area contributed by atoms with Gasteiger partial charge in [-0.25, -0.2) is 0 Å². The van der Waals surface area contributed by atoms with Crippen molar-refractivity contribution in [1.29, 1.82) is 0 Å². The van der Waals surface area contributed by atoms with Gasteiger partial charge in [0.1, 0.15) is 0 Å². The molecule has 1 heteroatoms. The lowest BCUT2D eigenvalue weighted by Crippen LogP contribution is -2.20. The average molecular weight is 179 g/mol. The molecule has 0 aromatic heterocycles. The molecular weight excluding hydrogens is 158 g/mol. The van der Waals surface area contributed by atoms with Crippen molar-refractivity contribution in [3.8, 4) is 0 Å². The molecule has 0 bridgehead atoms. The molecule has 1 aliphatic heterocycles. The Morgan fingerprint density at radius 1 is 1.15 bits per heavy atom. The first kappa shape index (κ1) is 12.2. The Labute approximate surface area is 82.4 Å². The maximum Gasteiger partial charge on any atom is 0.0240 e. The Balaban J connectivity index is 0.000000671. The van der Waals surface area contributed by atoms with Crippen molar-refractivity contribution in [3.05, 3.63) is 36.5 Å². The van der Waals surface area contributed by atoms with E-state index in [9.17, 15) is 0 Å². The summed E-state index contributed by atoms with van der Waals surface area (Å²) in [6, 6.07) is 0. The quantitative estimate of drug-likeness (QED) is 0.643. The Bertz CT molecular complexity index is 181. The molecule has 1 heterocycles. The van der Waals surface area contributed by atoms with Gasteiger partial charge < -0.3 is 0 Å². The average Bonchev–Trinajstić information content (AvgIpc) is 2.63. The van der Waals surface area contributed by atoms with E-state index < -0.39 is 0 Å². The molecule has 13 heavy (non-hydrogen) atoms. The van der Waals surface area contributed by atoms with Gasteiger partial charge in [0, 0.05) is 13.1 Å². The highest BCUT2D eigenvalue weighted by molar-refractivity contribution is 5.37. The van der Waals surface area contributed by atoms with Gasteiger partial charge in [0.25, 0.3) is 0 Å². The zero-order chi connectivity index (χ0) is 10.3. The van der Waals surface area contributed by atoms with Crippen LogP contribution < -0.4 is 0 Å². The Hall–Kier alpha value is -0.820. The van der Waals surface area contributed by atoms with Gasteiger partial charge in [-0.05, 0) is 17.7 Å². The summed E-state index contributed by atoms with van der Waals surface area (Å²) in [5, 5.41) is 0. The molecule has 0 aromatic rings. The van der Waals surface area contributed by atoms with Crippen LogP contribution in [-0.2, 0) is 0 Å². The van der Waals surface area contributed by atoms with Gasteiger partial charge in [-0.15, -0.1) is 0 Å². The monoisotopic (exact) mass is 179 g/mol. The van der Waals surface area contributed by atoms with E-state index in [0.717, 1.165) is 19.6 Å². The summed E-state index contributed by atoms with van der Waals surface area (Å²) in [7, 11) is 0. The first-order valence-corrected chi connectivity index (χ1v) is 5.01. The standard InChI is InChI=1S/C10H15N.C2H6/c1-4-9-7-11(6-3)8-10(9)5-2;1-2/h4-5H,1-2,6-8H2,3H3;1-2H3. The summed E-state index contributed by atoms with van der Waals surface area (Å²) < 4.78 is 0. The molecule has 0 aliphatic carbocycles. The Kier molecular flexibility index (Phi) is 6.25. The van der Waals surface area contributed by atoms with Crippen molar-refractivity contribution in [2.45, 2.75) is 20.8 Å². The zero-order valence-electron chi connectivity index (χ0n) is 9.14. The van der Waals surface area contributed by atoms with Crippen LogP contribution in [0.15, 0.2) is 36.5 Å². The molecule has 0 amide bonds. The zero-order valence-corrected chi connectivity index (χ0v) is 9.14. The summed E-state index contributed by atoms with van der Waals surface area (Å²) in [4.78, 5) is 2.37. The van der Waals surface area contributed by atoms with Crippen molar-refractivity contribution in [2.24, 2.45) is 0 Å². The molecule has 0 N–H and O–H groups in total. The molecule has 0 atom stereocenters. The number of nitrogens with zero attached hydrogens (tertiary/aromatic N) is 1. The van der Waals surface area contributed by atoms with Gasteiger partial charge in [0.15, 0.2) is 0 Å². The smallest absolute Gasteiger partial charge is 0.0240 e. The van der Waals surface area contributed by atoms with Crippen molar-refractivity contribution in [3.63, 3.8) is 0 Å². The first-order chi connectivity index (χ1) is 6.31. The number of hydrogen-bond acceptors (Lipinski definition) is 1. The molecule has 0 saturated heterocycles. The second-order valence-electron chi connectivity index (χ2n) is 2.76. The largest absolute Gasteiger partial charge is 0.295 e. The van der Waals surface area contributed by atoms with E-state index >= 15 is 0 Å². The second-order valence-corrected chi connectivity index (χ2v) is 2.76. The van der Waals surface area contributed by atoms with E-state index in [1.165, 1.54) is 11.1 Å². The minimum atomic E-state index is 1.04. The predicted molar refractivity (Wildman–Crippen MR) is 60.9 cm³/mol. The summed E-state index contributed by atoms with van der Waals surface area (Å²) in [5.74, 6) is 0. The van der Waals surface area contributed by atoms with E-state index in [4.69, 9.17) is 0 Å². The van der Waals surface area contributed by atoms with E-state index in [0.29, 0.717) is 0 Å². The van der Waals surface area contributed by atoms with Crippen LogP contribution >= 0.6 is 0 Å². The van der Waals surface area contributed by atoms with E-state index in [1.807, 2.05) is 26.0 Å². The lowest BCUT2D eigenvalue weighted by Gasteiger charge is -2.10. The highest BCUT2D eigenvalue weighted by Gasteiger charge is 2.15. The first-order valence-electron chi connectivity index (χ1n) is 5.01. The Morgan fingerprint density at radius 2 is 1.54 bits per heavy atom. The summed E-state index contributed by atoms with van der Waals surface area (Å²) in [6.07, 6.45) is 3.87. The molecule has 0 saturated carbocycles. The van der Waals surface area contributed by atoms with Crippen molar-refractivity contribution in [2.75, 3.05) is 19.6 Å². The fraction of sp³-hybridized carbons (Fsp3) is 0.500. The van der Waals surface area contributed by atoms with Crippen LogP contribution in [0.5, 0.6) is 0 Å². The van der Waals surface area contributed by atoms with E-state index in [-0.39, 0.29) is 0 Å². The highest BCUT2D eigenvalue weighted by atomic mass is 15.1. The molecule has 1 aliphatic rings. The van der Waals surface area contributed by atoms with Crippen LogP contribution in [0, 0.1) is 0 Å². The number of likely N-dealkylation sites (N-methyl/N-ethyl adjacent to an activating group) is 1. The van der Waals surface area contributed by atoms with Crippen LogP contribution in [0.4, 0.5) is 0 Å². The molecule has 1 nitrogen and oxygen atoms in total. The van der Waals surface area contributed by atoms with Crippen molar-refractivity contribution in [1.82, 2.24) is 4.90 Å². The topological polar surface area (TPSA) is 3.24 Å². The molecule has 0 unspecified atom stereocenters. The van der Waals surface area contributed by atoms with Crippen molar-refractivity contribution >= 4 is 0 Å². The van der Waals surface area contributed by atoms with Crippen LogP contribution in [0.2, 0.25) is 0 Å². The summed E-state index contributed by atoms with van der Waals surface area (Å²) in [5.41, 5.74) is 2.67. The van der Waals surface area contributed by atoms with E-state index in [2.05, 4.69) is 25.0 Å². The van der Waals surface area contributed by atoms with Crippen LogP contribution in [0.25, 0.3) is 0 Å². The fourth-order valence-corrected chi connectivity index (χ4v) is 1.36. The Morgan fingerprint density at radius 3 is 1.77 bits per heavy atom. The SMILES string of the molecule is C=CC1=C(C=C)CN(CC)C1.CC. The molecule has 1 rings (SSSR count). The third-order valence-corrected chi connectivity index (χ3v) is 2.14. The lowest BCUT2D eigenvalue weighted by molar-refractivity contribution is 0.367. The number of hydrogen-bond donors (Lipinski definition) is 0. The highest BCUT2D eigenvalue weighted by Crippen LogP contribution is 2.17. The molecular formula is C12H21N. The minimum absolute atomic E-state index is 1.04. The summed E-state index contributed by atoms with van der Waals surface area (Å²) >= 11 is 0. The summed E-state index contributed by atoms with van der Waals surface area (Å²) in [6.45, 7) is 16.9. The van der Waals surface area contributed by atoms with Gasteiger partial charge in [-0.3, -0.25) is 4.90 Å². The third-order valence-electron chi connectivity index (χ3n) is 2.14. The fourth-order valence-electron chi connectivity index (χ4n) is 1.36.